The Bertz CT molecular complexity index is 542. The van der Waals surface area contributed by atoms with Crippen LogP contribution < -0.4 is 0 Å². The third-order valence-electron chi connectivity index (χ3n) is 2.00. The number of hydrogen-bond acceptors (Lipinski definition) is 3. The van der Waals surface area contributed by atoms with E-state index < -0.39 is 5.82 Å². The molecule has 0 radical (unpaired) electrons. The maximum Gasteiger partial charge on any atom is 0.197 e. The van der Waals surface area contributed by atoms with Gasteiger partial charge in [-0.3, -0.25) is 0 Å². The van der Waals surface area contributed by atoms with Gasteiger partial charge in [0.05, 0.1) is 5.75 Å². The normalized spacial score (nSPS) is 10.7. The van der Waals surface area contributed by atoms with Crippen molar-refractivity contribution in [2.24, 2.45) is 0 Å². The van der Waals surface area contributed by atoms with Crippen LogP contribution in [0.1, 0.15) is 5.82 Å². The largest absolute Gasteiger partial charge is 0.217 e. The lowest BCUT2D eigenvalue weighted by Crippen LogP contribution is -1.97. The molecule has 1 aromatic carbocycles. The van der Waals surface area contributed by atoms with Crippen molar-refractivity contribution < 1.29 is 4.39 Å². The van der Waals surface area contributed by atoms with Gasteiger partial charge in [0.2, 0.25) is 0 Å². The molecule has 2 aromatic rings. The molecule has 0 aliphatic heterocycles. The van der Waals surface area contributed by atoms with Crippen molar-refractivity contribution in [3.05, 3.63) is 50.7 Å². The van der Waals surface area contributed by atoms with E-state index in [1.165, 1.54) is 11.8 Å². The van der Waals surface area contributed by atoms with Crippen molar-refractivity contribution in [1.82, 2.24) is 9.97 Å². The van der Waals surface area contributed by atoms with Crippen molar-refractivity contribution in [3.63, 3.8) is 0 Å². The van der Waals surface area contributed by atoms with Crippen LogP contribution in [-0.2, 0) is 5.75 Å². The maximum atomic E-state index is 13.1. The van der Waals surface area contributed by atoms with E-state index in [9.17, 15) is 4.39 Å². The number of rotatable bonds is 3. The van der Waals surface area contributed by atoms with Gasteiger partial charge >= 0.3 is 0 Å². The molecule has 0 fully saturated rings. The van der Waals surface area contributed by atoms with Crippen molar-refractivity contribution in [2.75, 3.05) is 0 Å². The quantitative estimate of drug-likeness (QED) is 0.565. The molecule has 94 valence electrons. The maximum absolute atomic E-state index is 13.1. The number of benzene rings is 1. The van der Waals surface area contributed by atoms with E-state index in [1.807, 2.05) is 24.3 Å². The fraction of sp³-hybridized carbons (Fsp3) is 0.0909. The molecule has 7 heteroatoms. The molecule has 0 bridgehead atoms. The summed E-state index contributed by atoms with van der Waals surface area (Å²) in [5, 5.41) is -0.497. The Morgan fingerprint density at radius 1 is 1.11 bits per heavy atom. The van der Waals surface area contributed by atoms with Crippen LogP contribution in [0.4, 0.5) is 4.39 Å². The molecular formula is C11H6BrCl2FN2S. The molecule has 0 N–H and O–H groups in total. The van der Waals surface area contributed by atoms with E-state index in [4.69, 9.17) is 23.2 Å². The third-order valence-corrected chi connectivity index (χ3v) is 4.04. The van der Waals surface area contributed by atoms with Crippen LogP contribution in [0.25, 0.3) is 0 Å². The molecule has 18 heavy (non-hydrogen) atoms. The Balaban J connectivity index is 2.08. The Labute approximate surface area is 126 Å². The summed E-state index contributed by atoms with van der Waals surface area (Å²) >= 11 is 16.1. The van der Waals surface area contributed by atoms with Gasteiger partial charge in [-0.1, -0.05) is 39.1 Å². The molecule has 1 heterocycles. The summed E-state index contributed by atoms with van der Waals surface area (Å²) in [7, 11) is 0. The molecule has 2 nitrogen and oxygen atoms in total. The Kier molecular flexibility index (Phi) is 4.84. The van der Waals surface area contributed by atoms with Crippen LogP contribution in [0.3, 0.4) is 0 Å². The first-order valence-corrected chi connectivity index (χ1v) is 7.35. The Morgan fingerprint density at radius 2 is 1.67 bits per heavy atom. The number of aromatic nitrogens is 2. The summed E-state index contributed by atoms with van der Waals surface area (Å²) in [5.74, 6) is 0.0940. The molecular weight excluding hydrogens is 362 g/mol. The predicted octanol–water partition coefficient (Wildman–Crippen LogP) is 4.98. The van der Waals surface area contributed by atoms with E-state index in [1.54, 1.807) is 0 Å². The van der Waals surface area contributed by atoms with Crippen molar-refractivity contribution >= 4 is 50.9 Å². The van der Waals surface area contributed by atoms with Gasteiger partial charge in [-0.25, -0.2) is 14.4 Å². The minimum Gasteiger partial charge on any atom is -0.217 e. The lowest BCUT2D eigenvalue weighted by Gasteiger charge is -2.03. The summed E-state index contributed by atoms with van der Waals surface area (Å²) in [4.78, 5) is 8.72. The van der Waals surface area contributed by atoms with Crippen LogP contribution in [0.15, 0.2) is 33.6 Å². The molecule has 0 unspecified atom stereocenters. The summed E-state index contributed by atoms with van der Waals surface area (Å²) in [6.07, 6.45) is 0. The molecule has 0 amide bonds. The topological polar surface area (TPSA) is 25.8 Å². The molecule has 1 aromatic heterocycles. The Hall–Kier alpha value is -0.360. The number of nitrogens with zero attached hydrogens (tertiary/aromatic N) is 2. The van der Waals surface area contributed by atoms with E-state index in [-0.39, 0.29) is 10.3 Å². The minimum absolute atomic E-state index is 0.249. The van der Waals surface area contributed by atoms with Gasteiger partial charge in [0.25, 0.3) is 0 Å². The molecule has 0 spiro atoms. The molecule has 0 aliphatic carbocycles. The highest BCUT2D eigenvalue weighted by Crippen LogP contribution is 2.25. The second kappa shape index (κ2) is 6.19. The fourth-order valence-corrected chi connectivity index (χ4v) is 2.62. The first-order valence-electron chi connectivity index (χ1n) is 4.82. The van der Waals surface area contributed by atoms with Gasteiger partial charge in [0, 0.05) is 9.37 Å². The van der Waals surface area contributed by atoms with Crippen LogP contribution >= 0.6 is 50.9 Å². The smallest absolute Gasteiger partial charge is 0.197 e. The van der Waals surface area contributed by atoms with E-state index in [0.717, 1.165) is 9.37 Å². The average molecular weight is 368 g/mol. The van der Waals surface area contributed by atoms with Crippen LogP contribution in [0.5, 0.6) is 0 Å². The standard InChI is InChI=1S/C11H6BrCl2FN2S/c12-6-1-3-7(4-2-6)18-5-8-16-10(13)9(15)11(14)17-8/h1-4H,5H2. The molecule has 0 aliphatic rings. The zero-order valence-corrected chi connectivity index (χ0v) is 12.7. The summed E-state index contributed by atoms with van der Waals surface area (Å²) in [6.45, 7) is 0. The zero-order chi connectivity index (χ0) is 13.1. The first-order chi connectivity index (χ1) is 8.56. The molecule has 0 saturated heterocycles. The molecule has 0 atom stereocenters. The summed E-state index contributed by atoms with van der Waals surface area (Å²) < 4.78 is 14.1. The highest BCUT2D eigenvalue weighted by molar-refractivity contribution is 9.10. The number of hydrogen-bond donors (Lipinski definition) is 0. The van der Waals surface area contributed by atoms with Gasteiger partial charge < -0.3 is 0 Å². The van der Waals surface area contributed by atoms with Gasteiger partial charge in [-0.2, -0.15) is 0 Å². The van der Waals surface area contributed by atoms with Crippen LogP contribution in [0.2, 0.25) is 10.3 Å². The van der Waals surface area contributed by atoms with Crippen molar-refractivity contribution in [2.45, 2.75) is 10.6 Å². The van der Waals surface area contributed by atoms with E-state index >= 15 is 0 Å². The average Bonchev–Trinajstić information content (AvgIpc) is 2.35. The van der Waals surface area contributed by atoms with Gasteiger partial charge in [0.1, 0.15) is 5.82 Å². The number of halogens is 4. The van der Waals surface area contributed by atoms with Crippen molar-refractivity contribution in [3.8, 4) is 0 Å². The first kappa shape index (κ1) is 14.1. The number of thioether (sulfide) groups is 1. The van der Waals surface area contributed by atoms with Gasteiger partial charge in [0.15, 0.2) is 16.1 Å². The monoisotopic (exact) mass is 366 g/mol. The van der Waals surface area contributed by atoms with Crippen molar-refractivity contribution in [1.29, 1.82) is 0 Å². The second-order valence-corrected chi connectivity index (χ2v) is 5.96. The van der Waals surface area contributed by atoms with Crippen LogP contribution in [0, 0.1) is 5.82 Å². The molecule has 2 rings (SSSR count). The van der Waals surface area contributed by atoms with E-state index in [2.05, 4.69) is 25.9 Å². The van der Waals surface area contributed by atoms with Gasteiger partial charge in [-0.05, 0) is 24.3 Å². The minimum atomic E-state index is -0.782. The van der Waals surface area contributed by atoms with Crippen LogP contribution in [-0.4, -0.2) is 9.97 Å². The second-order valence-electron chi connectivity index (χ2n) is 3.28. The summed E-state index contributed by atoms with van der Waals surface area (Å²) in [5.41, 5.74) is 0. The lowest BCUT2D eigenvalue weighted by molar-refractivity contribution is 0.612. The van der Waals surface area contributed by atoms with E-state index in [0.29, 0.717) is 11.6 Å². The highest BCUT2D eigenvalue weighted by atomic mass is 79.9. The van der Waals surface area contributed by atoms with Gasteiger partial charge in [-0.15, -0.1) is 11.8 Å². The lowest BCUT2D eigenvalue weighted by atomic mass is 10.4. The highest BCUT2D eigenvalue weighted by Gasteiger charge is 2.11. The zero-order valence-electron chi connectivity index (χ0n) is 8.83. The fourth-order valence-electron chi connectivity index (χ4n) is 1.18. The predicted molar refractivity (Wildman–Crippen MR) is 75.7 cm³/mol. The summed E-state index contributed by atoms with van der Waals surface area (Å²) in [6, 6.07) is 7.80. The third kappa shape index (κ3) is 3.57. The SMILES string of the molecule is Fc1c(Cl)nc(CSc2ccc(Br)cc2)nc1Cl. The Morgan fingerprint density at radius 3 is 2.22 bits per heavy atom. The molecule has 0 saturated carbocycles.